The van der Waals surface area contributed by atoms with E-state index in [0.717, 1.165) is 37.5 Å². The Balaban J connectivity index is -0.0000000999. The van der Waals surface area contributed by atoms with Crippen molar-refractivity contribution in [1.82, 2.24) is 0 Å². The van der Waals surface area contributed by atoms with Crippen molar-refractivity contribution in [3.8, 4) is 0 Å². The van der Waals surface area contributed by atoms with E-state index in [-0.39, 0.29) is 42.9 Å². The number of alkyl halides is 2. The molecule has 1 nitrogen and oxygen atoms in total. The van der Waals surface area contributed by atoms with Crippen LogP contribution in [0.3, 0.4) is 0 Å². The fourth-order valence-electron chi connectivity index (χ4n) is 3.59. The van der Waals surface area contributed by atoms with Crippen LogP contribution in [0.2, 0.25) is 30.2 Å². The predicted molar refractivity (Wildman–Crippen MR) is 181 cm³/mol. The quantitative estimate of drug-likeness (QED) is 0.0659. The van der Waals surface area contributed by atoms with Crippen LogP contribution in [0.5, 0.6) is 0 Å². The molecule has 0 saturated carbocycles. The Morgan fingerprint density at radius 1 is 0.757 bits per heavy atom. The molecule has 1 aliphatic heterocycles. The molecule has 0 radical (unpaired) electrons. The zero-order chi connectivity index (χ0) is 27.2. The van der Waals surface area contributed by atoms with Gasteiger partial charge in [0.25, 0.3) is 0 Å². The number of hydrogen-bond acceptors (Lipinski definition) is 1. The normalized spacial score (nSPS) is 11.7. The van der Waals surface area contributed by atoms with E-state index in [2.05, 4.69) is 54.0 Å². The van der Waals surface area contributed by atoms with E-state index in [4.69, 9.17) is 61.2 Å². The number of allylic oxidation sites excluding steroid dienone is 4. The molecule has 218 valence electrons. The molecule has 1 rings (SSSR count). The molecule has 10 heteroatoms. The summed E-state index contributed by atoms with van der Waals surface area (Å²) in [5, 5.41) is 0. The molecule has 1 saturated heterocycles. The summed E-state index contributed by atoms with van der Waals surface area (Å²) in [6, 6.07) is 3.14. The summed E-state index contributed by atoms with van der Waals surface area (Å²) in [5.41, 5.74) is 4.82. The van der Waals surface area contributed by atoms with Crippen LogP contribution < -0.4 is 12.4 Å². The zero-order valence-corrected chi connectivity index (χ0v) is 31.1. The third-order valence-electron chi connectivity index (χ3n) is 4.29. The zero-order valence-electron chi connectivity index (χ0n) is 23.1. The summed E-state index contributed by atoms with van der Waals surface area (Å²) in [5.74, 6) is 1.35. The van der Waals surface area contributed by atoms with Crippen LogP contribution in [0.1, 0.15) is 60.8 Å². The fraction of sp³-hybridized carbons (Fsp3) is 0.667. The minimum absolute atomic E-state index is 0. The number of hydrogen-bond donors (Lipinski definition) is 0. The average molecular weight is 686 g/mol. The first kappa shape index (κ1) is 51.5. The molecular formula is C27H52Cl6MgOSi2. The van der Waals surface area contributed by atoms with Crippen LogP contribution in [0.15, 0.2) is 48.6 Å². The summed E-state index contributed by atoms with van der Waals surface area (Å²) in [6.45, 7) is 29.5. The summed E-state index contributed by atoms with van der Waals surface area (Å²) in [6.07, 6.45) is 4.48. The standard InChI is InChI=1S/C15H27ClSi.C4H8O.C4H7.C3H6Cl4Si.CH4.ClH.Mg/c1-13(2)10-17(9-7-8-16,11-14(3)4)12-15(5)6;1-2-4-5-3-1;1-4(2)3;4-2-1-3-8(5,6)7;;;/h1,3,5,7-12H2,2,4,6H3;1-4H2;1-2H2,3H3;1-3H2;1H4;1H;/q;;-1;;;;+2/p-1. The van der Waals surface area contributed by atoms with Crippen molar-refractivity contribution >= 4 is 93.6 Å². The third-order valence-corrected chi connectivity index (χ3v) is 12.9. The molecule has 0 spiro atoms. The Bertz CT molecular complexity index is 527. The van der Waals surface area contributed by atoms with E-state index in [1.54, 1.807) is 0 Å². The molecule has 1 fully saturated rings. The van der Waals surface area contributed by atoms with E-state index in [1.807, 2.05) is 6.92 Å². The van der Waals surface area contributed by atoms with Gasteiger partial charge in [0.05, 0.1) is 8.07 Å². The topological polar surface area (TPSA) is 9.23 Å². The smallest absolute Gasteiger partial charge is 1.00 e. The maximum atomic E-state index is 5.87. The average Bonchev–Trinajstić information content (AvgIpc) is 3.22. The minimum atomic E-state index is -2.35. The van der Waals surface area contributed by atoms with Gasteiger partial charge in [0.1, 0.15) is 0 Å². The third kappa shape index (κ3) is 47.8. The molecule has 0 amide bonds. The minimum Gasteiger partial charge on any atom is -1.00 e. The van der Waals surface area contributed by atoms with Crippen molar-refractivity contribution in [2.24, 2.45) is 0 Å². The first-order valence-electron chi connectivity index (χ1n) is 11.8. The van der Waals surface area contributed by atoms with Gasteiger partial charge in [0, 0.05) is 25.0 Å². The van der Waals surface area contributed by atoms with Crippen molar-refractivity contribution in [2.75, 3.05) is 25.0 Å². The Morgan fingerprint density at radius 3 is 1.22 bits per heavy atom. The second-order valence-corrected chi connectivity index (χ2v) is 24.0. The van der Waals surface area contributed by atoms with Gasteiger partial charge in [-0.2, -0.15) is 0 Å². The summed E-state index contributed by atoms with van der Waals surface area (Å²) < 4.78 is 4.94. The SMILES string of the molecule is C.C1CCOC1.C=C(C)C[Si](CCCCl)(CC(=C)C)CC(=C)C.C=C([CH2-])C.ClCCC[Si](Cl)(Cl)Cl.[Cl-].[Mg+2]. The van der Waals surface area contributed by atoms with Gasteiger partial charge < -0.3 is 17.1 Å². The molecule has 0 aliphatic carbocycles. The molecule has 1 heterocycles. The molecule has 0 aromatic carbocycles. The number of halogens is 6. The molecule has 0 N–H and O–H groups in total. The number of ether oxygens (including phenoxy) is 1. The van der Waals surface area contributed by atoms with E-state index in [0.29, 0.717) is 11.9 Å². The van der Waals surface area contributed by atoms with Crippen LogP contribution >= 0.6 is 56.4 Å². The van der Waals surface area contributed by atoms with Crippen LogP contribution in [0, 0.1) is 6.92 Å². The first-order chi connectivity index (χ1) is 15.6. The van der Waals surface area contributed by atoms with Crippen LogP contribution in [-0.2, 0) is 4.74 Å². The Kier molecular flexibility index (Phi) is 44.9. The maximum Gasteiger partial charge on any atom is 2.00 e. The molecule has 1 aliphatic rings. The monoisotopic (exact) mass is 682 g/mol. The second-order valence-electron chi connectivity index (χ2n) is 9.38. The van der Waals surface area contributed by atoms with Gasteiger partial charge in [-0.15, -0.1) is 76.2 Å². The molecular weight excluding hydrogens is 633 g/mol. The van der Waals surface area contributed by atoms with Crippen LogP contribution in [0.25, 0.3) is 0 Å². The molecule has 0 aromatic rings. The Hall–Kier alpha value is 1.73. The van der Waals surface area contributed by atoms with E-state index in [9.17, 15) is 0 Å². The molecule has 0 aromatic heterocycles. The van der Waals surface area contributed by atoms with Crippen LogP contribution in [0.4, 0.5) is 0 Å². The van der Waals surface area contributed by atoms with E-state index in [1.165, 1.54) is 53.7 Å². The second kappa shape index (κ2) is 32.2. The van der Waals surface area contributed by atoms with Gasteiger partial charge in [-0.05, 0) is 70.6 Å². The van der Waals surface area contributed by atoms with Gasteiger partial charge >= 0.3 is 29.1 Å². The van der Waals surface area contributed by atoms with Crippen LogP contribution in [-0.4, -0.2) is 62.1 Å². The Morgan fingerprint density at radius 2 is 1.05 bits per heavy atom. The number of rotatable bonds is 12. The van der Waals surface area contributed by atoms with E-state index < -0.39 is 14.1 Å². The van der Waals surface area contributed by atoms with Gasteiger partial charge in [-0.25, -0.2) is 19.1 Å². The summed E-state index contributed by atoms with van der Waals surface area (Å²) in [7, 11) is -1.39. The van der Waals surface area contributed by atoms with Gasteiger partial charge in [0.2, 0.25) is 0 Å². The largest absolute Gasteiger partial charge is 2.00 e. The summed E-state index contributed by atoms with van der Waals surface area (Å²) in [4.78, 5) is 0. The Labute approximate surface area is 279 Å². The predicted octanol–water partition coefficient (Wildman–Crippen LogP) is 8.52. The van der Waals surface area contributed by atoms with E-state index >= 15 is 0 Å². The van der Waals surface area contributed by atoms with Crippen molar-refractivity contribution in [3.63, 3.8) is 0 Å². The van der Waals surface area contributed by atoms with Gasteiger partial charge in [0.15, 0.2) is 0 Å². The van der Waals surface area contributed by atoms with Crippen molar-refractivity contribution in [3.05, 3.63) is 55.5 Å². The molecule has 37 heavy (non-hydrogen) atoms. The molecule has 0 bridgehead atoms. The van der Waals surface area contributed by atoms with Gasteiger partial charge in [-0.1, -0.05) is 37.1 Å². The van der Waals surface area contributed by atoms with Gasteiger partial charge in [-0.3, -0.25) is 0 Å². The van der Waals surface area contributed by atoms with Crippen molar-refractivity contribution < 1.29 is 17.1 Å². The molecule has 0 unspecified atom stereocenters. The maximum absolute atomic E-state index is 5.87. The fourth-order valence-corrected chi connectivity index (χ4v) is 11.8. The molecule has 0 atom stereocenters. The van der Waals surface area contributed by atoms with Crippen molar-refractivity contribution in [1.29, 1.82) is 0 Å². The first-order valence-corrected chi connectivity index (χ1v) is 20.9. The summed E-state index contributed by atoms with van der Waals surface area (Å²) >= 11 is 27.8. The van der Waals surface area contributed by atoms with Crippen molar-refractivity contribution in [2.45, 2.75) is 91.0 Å².